The zero-order chi connectivity index (χ0) is 15.9. The lowest BCUT2D eigenvalue weighted by Crippen LogP contribution is -2.17. The molecule has 22 heavy (non-hydrogen) atoms. The first kappa shape index (κ1) is 15.0. The molecule has 5 nitrogen and oxygen atoms in total. The third-order valence-electron chi connectivity index (χ3n) is 3.47. The maximum absolute atomic E-state index is 10.4. The molecule has 6 heteroatoms. The molecule has 0 saturated heterocycles. The quantitative estimate of drug-likeness (QED) is 0.726. The van der Waals surface area contributed by atoms with E-state index in [0.717, 1.165) is 21.6 Å². The van der Waals surface area contributed by atoms with E-state index in [0.29, 0.717) is 11.3 Å². The number of fused-ring (bicyclic) bond motifs is 1. The molecule has 0 atom stereocenters. The van der Waals surface area contributed by atoms with Crippen molar-refractivity contribution in [3.63, 3.8) is 0 Å². The van der Waals surface area contributed by atoms with Crippen molar-refractivity contribution >= 4 is 21.6 Å². The summed E-state index contributed by atoms with van der Waals surface area (Å²) in [6, 6.07) is 7.53. The minimum absolute atomic E-state index is 0.611. The minimum Gasteiger partial charge on any atom is -0.496 e. The van der Waals surface area contributed by atoms with Crippen LogP contribution < -0.4 is 4.74 Å². The summed E-state index contributed by atoms with van der Waals surface area (Å²) in [5, 5.41) is 10.4. The SMILES string of the molecule is COc1cc2ncc(-c3cccc(Br)n3)n2cc1C(C)(C)O. The molecule has 0 fully saturated rings. The van der Waals surface area contributed by atoms with E-state index >= 15 is 0 Å². The summed E-state index contributed by atoms with van der Waals surface area (Å²) in [6.07, 6.45) is 3.61. The van der Waals surface area contributed by atoms with Gasteiger partial charge in [0.2, 0.25) is 0 Å². The highest BCUT2D eigenvalue weighted by atomic mass is 79.9. The molecule has 0 spiro atoms. The normalized spacial score (nSPS) is 11.9. The highest BCUT2D eigenvalue weighted by Gasteiger charge is 2.23. The third kappa shape index (κ3) is 2.60. The van der Waals surface area contributed by atoms with Crippen molar-refractivity contribution in [3.8, 4) is 17.1 Å². The average Bonchev–Trinajstić information content (AvgIpc) is 2.87. The topological polar surface area (TPSA) is 59.7 Å². The van der Waals surface area contributed by atoms with E-state index in [-0.39, 0.29) is 0 Å². The van der Waals surface area contributed by atoms with Crippen LogP contribution in [0.25, 0.3) is 17.0 Å². The van der Waals surface area contributed by atoms with Gasteiger partial charge in [0.1, 0.15) is 16.0 Å². The molecule has 0 aliphatic heterocycles. The summed E-state index contributed by atoms with van der Waals surface area (Å²) in [7, 11) is 1.58. The van der Waals surface area contributed by atoms with Crippen molar-refractivity contribution in [1.82, 2.24) is 14.4 Å². The molecule has 0 amide bonds. The Bertz CT molecular complexity index is 837. The summed E-state index contributed by atoms with van der Waals surface area (Å²) in [6.45, 7) is 3.45. The van der Waals surface area contributed by atoms with E-state index < -0.39 is 5.60 Å². The molecular formula is C16H16BrN3O2. The van der Waals surface area contributed by atoms with Crippen LogP contribution in [-0.2, 0) is 5.60 Å². The fourth-order valence-corrected chi connectivity index (χ4v) is 2.72. The Morgan fingerprint density at radius 2 is 2.09 bits per heavy atom. The van der Waals surface area contributed by atoms with Crippen LogP contribution in [0.15, 0.2) is 41.3 Å². The first-order valence-electron chi connectivity index (χ1n) is 6.81. The second kappa shape index (κ2) is 5.37. The van der Waals surface area contributed by atoms with Gasteiger partial charge in [0.15, 0.2) is 0 Å². The van der Waals surface area contributed by atoms with Gasteiger partial charge < -0.3 is 9.84 Å². The molecule has 1 N–H and O–H groups in total. The lowest BCUT2D eigenvalue weighted by Gasteiger charge is -2.21. The molecule has 0 aliphatic carbocycles. The van der Waals surface area contributed by atoms with Crippen LogP contribution in [0.3, 0.4) is 0 Å². The monoisotopic (exact) mass is 361 g/mol. The number of imidazole rings is 1. The Morgan fingerprint density at radius 3 is 2.73 bits per heavy atom. The Morgan fingerprint density at radius 1 is 1.32 bits per heavy atom. The van der Waals surface area contributed by atoms with Gasteiger partial charge in [-0.1, -0.05) is 6.07 Å². The maximum Gasteiger partial charge on any atom is 0.140 e. The molecule has 0 unspecified atom stereocenters. The fraction of sp³-hybridized carbons (Fsp3) is 0.250. The number of rotatable bonds is 3. The molecular weight excluding hydrogens is 346 g/mol. The third-order valence-corrected chi connectivity index (χ3v) is 3.91. The molecule has 0 bridgehead atoms. The fourth-order valence-electron chi connectivity index (χ4n) is 2.37. The van der Waals surface area contributed by atoms with E-state index in [9.17, 15) is 5.11 Å². The van der Waals surface area contributed by atoms with Gasteiger partial charge in [-0.2, -0.15) is 0 Å². The average molecular weight is 362 g/mol. The summed E-state index contributed by atoms with van der Waals surface area (Å²) in [5.74, 6) is 0.611. The molecule has 0 radical (unpaired) electrons. The summed E-state index contributed by atoms with van der Waals surface area (Å²) < 4.78 is 8.05. The maximum atomic E-state index is 10.4. The standard InChI is InChI=1S/C16H16BrN3O2/c1-16(2,21)10-9-20-12(11-5-4-6-14(17)19-11)8-18-15(20)7-13(10)22-3/h4-9,21H,1-3H3. The predicted octanol–water partition coefficient (Wildman–Crippen LogP) is 3.39. The van der Waals surface area contributed by atoms with E-state index in [1.54, 1.807) is 27.2 Å². The van der Waals surface area contributed by atoms with Gasteiger partial charge in [-0.15, -0.1) is 0 Å². The summed E-state index contributed by atoms with van der Waals surface area (Å²) >= 11 is 3.38. The molecule has 0 aromatic carbocycles. The molecule has 3 aromatic rings. The van der Waals surface area contributed by atoms with Crippen LogP contribution >= 0.6 is 15.9 Å². The molecule has 0 aliphatic rings. The van der Waals surface area contributed by atoms with Crippen LogP contribution in [0.4, 0.5) is 0 Å². The van der Waals surface area contributed by atoms with Gasteiger partial charge in [0.25, 0.3) is 0 Å². The van der Waals surface area contributed by atoms with Gasteiger partial charge in [-0.25, -0.2) is 9.97 Å². The van der Waals surface area contributed by atoms with Crippen LogP contribution in [0, 0.1) is 0 Å². The second-order valence-corrected chi connectivity index (χ2v) is 6.34. The Balaban J connectivity index is 2.26. The van der Waals surface area contributed by atoms with Crippen LogP contribution in [0.2, 0.25) is 0 Å². The first-order valence-corrected chi connectivity index (χ1v) is 7.60. The van der Waals surface area contributed by atoms with Gasteiger partial charge in [-0.05, 0) is 41.9 Å². The van der Waals surface area contributed by atoms with Crippen LogP contribution in [0.1, 0.15) is 19.4 Å². The van der Waals surface area contributed by atoms with Gasteiger partial charge in [-0.3, -0.25) is 4.40 Å². The highest BCUT2D eigenvalue weighted by Crippen LogP contribution is 2.32. The zero-order valence-electron chi connectivity index (χ0n) is 12.5. The number of halogens is 1. The van der Waals surface area contributed by atoms with Gasteiger partial charge >= 0.3 is 0 Å². The molecule has 3 aromatic heterocycles. The number of aromatic nitrogens is 3. The van der Waals surface area contributed by atoms with Gasteiger partial charge in [0, 0.05) is 17.8 Å². The van der Waals surface area contributed by atoms with E-state index in [1.807, 2.05) is 34.9 Å². The smallest absolute Gasteiger partial charge is 0.140 e. The number of ether oxygens (including phenoxy) is 1. The Kier molecular flexibility index (Phi) is 3.66. The van der Waals surface area contributed by atoms with Crippen molar-refractivity contribution in [2.75, 3.05) is 7.11 Å². The molecule has 3 heterocycles. The number of hydrogen-bond donors (Lipinski definition) is 1. The Labute approximate surface area is 136 Å². The second-order valence-electron chi connectivity index (χ2n) is 5.53. The predicted molar refractivity (Wildman–Crippen MR) is 87.9 cm³/mol. The van der Waals surface area contributed by atoms with E-state index in [4.69, 9.17) is 4.74 Å². The van der Waals surface area contributed by atoms with Crippen LogP contribution in [0.5, 0.6) is 5.75 Å². The van der Waals surface area contributed by atoms with E-state index in [2.05, 4.69) is 25.9 Å². The lowest BCUT2D eigenvalue weighted by atomic mass is 9.99. The number of nitrogens with zero attached hydrogens (tertiary/aromatic N) is 3. The minimum atomic E-state index is -1.02. The van der Waals surface area contributed by atoms with Crippen molar-refractivity contribution in [1.29, 1.82) is 0 Å². The van der Waals surface area contributed by atoms with Crippen molar-refractivity contribution < 1.29 is 9.84 Å². The summed E-state index contributed by atoms with van der Waals surface area (Å²) in [4.78, 5) is 8.86. The van der Waals surface area contributed by atoms with Gasteiger partial charge in [0.05, 0.1) is 30.3 Å². The molecule has 114 valence electrons. The number of hydrogen-bond acceptors (Lipinski definition) is 4. The number of pyridine rings is 2. The summed E-state index contributed by atoms with van der Waals surface area (Å²) in [5.41, 5.74) is 2.06. The molecule has 3 rings (SSSR count). The van der Waals surface area contributed by atoms with Crippen molar-refractivity contribution in [3.05, 3.63) is 46.8 Å². The van der Waals surface area contributed by atoms with Crippen molar-refractivity contribution in [2.24, 2.45) is 0 Å². The molecule has 0 saturated carbocycles. The Hall–Kier alpha value is -1.92. The van der Waals surface area contributed by atoms with Crippen LogP contribution in [-0.4, -0.2) is 26.6 Å². The highest BCUT2D eigenvalue weighted by molar-refractivity contribution is 9.10. The lowest BCUT2D eigenvalue weighted by molar-refractivity contribution is 0.0752. The number of aliphatic hydroxyl groups is 1. The first-order chi connectivity index (χ1) is 10.4. The van der Waals surface area contributed by atoms with E-state index in [1.165, 1.54) is 0 Å². The number of methoxy groups -OCH3 is 1. The zero-order valence-corrected chi connectivity index (χ0v) is 14.1. The largest absolute Gasteiger partial charge is 0.496 e. The van der Waals surface area contributed by atoms with Crippen molar-refractivity contribution in [2.45, 2.75) is 19.4 Å².